The van der Waals surface area contributed by atoms with E-state index in [1.165, 1.54) is 12.1 Å². The van der Waals surface area contributed by atoms with Crippen LogP contribution in [0.2, 0.25) is 0 Å². The summed E-state index contributed by atoms with van der Waals surface area (Å²) in [4.78, 5) is 0. The number of nitrogens with zero attached hydrogens (tertiary/aromatic N) is 1. The predicted molar refractivity (Wildman–Crippen MR) is 85.0 cm³/mol. The van der Waals surface area contributed by atoms with Crippen LogP contribution in [0.25, 0.3) is 33.2 Å². The van der Waals surface area contributed by atoms with Gasteiger partial charge >= 0.3 is 0 Å². The van der Waals surface area contributed by atoms with E-state index in [9.17, 15) is 4.39 Å². The Labute approximate surface area is 131 Å². The van der Waals surface area contributed by atoms with Crippen LogP contribution in [0.15, 0.2) is 53.1 Å². The van der Waals surface area contributed by atoms with Crippen LogP contribution < -0.4 is 4.57 Å². The number of aromatic nitrogens is 1. The first kappa shape index (κ1) is 13.9. The molecule has 0 amide bonds. The van der Waals surface area contributed by atoms with E-state index in [1.54, 1.807) is 12.1 Å². The summed E-state index contributed by atoms with van der Waals surface area (Å²) in [6.07, 6.45) is 1.88. The first-order valence-electron chi connectivity index (χ1n) is 7.32. The third kappa shape index (κ3) is 2.02. The van der Waals surface area contributed by atoms with Gasteiger partial charge in [0.05, 0.1) is 10.9 Å². The van der Waals surface area contributed by atoms with Gasteiger partial charge in [0, 0.05) is 23.6 Å². The smallest absolute Gasteiger partial charge is 0.215 e. The molecule has 4 aromatic rings. The molecule has 4 rings (SSSR count). The van der Waals surface area contributed by atoms with Crippen LogP contribution in [0.4, 0.5) is 8.78 Å². The summed E-state index contributed by atoms with van der Waals surface area (Å²) >= 11 is 0. The molecule has 2 aromatic heterocycles. The molecule has 0 aliphatic carbocycles. The van der Waals surface area contributed by atoms with Crippen molar-refractivity contribution in [3.63, 3.8) is 0 Å². The van der Waals surface area contributed by atoms with Gasteiger partial charge in [0.15, 0.2) is 6.20 Å². The number of hydrogen-bond acceptors (Lipinski definition) is 1. The standard InChI is InChI=1S/C19H14F2NO/c1-11-9-16-18(13-7-6-12(20)10-15(13)23-16)19(21)17(11)14-5-3-4-8-22(14)2/h3-10H,1-2H3/q+1. The Morgan fingerprint density at radius 2 is 1.83 bits per heavy atom. The highest BCUT2D eigenvalue weighted by Gasteiger charge is 2.22. The van der Waals surface area contributed by atoms with Crippen molar-refractivity contribution in [3.8, 4) is 11.3 Å². The largest absolute Gasteiger partial charge is 0.456 e. The second kappa shape index (κ2) is 4.88. The molecule has 0 aliphatic rings. The van der Waals surface area contributed by atoms with E-state index in [2.05, 4.69) is 0 Å². The molecule has 0 spiro atoms. The van der Waals surface area contributed by atoms with Crippen LogP contribution in [-0.4, -0.2) is 0 Å². The Morgan fingerprint density at radius 3 is 2.61 bits per heavy atom. The van der Waals surface area contributed by atoms with Crippen LogP contribution >= 0.6 is 0 Å². The van der Waals surface area contributed by atoms with E-state index in [4.69, 9.17) is 4.42 Å². The number of furan rings is 1. The Bertz CT molecular complexity index is 1070. The zero-order valence-electron chi connectivity index (χ0n) is 12.7. The van der Waals surface area contributed by atoms with Crippen LogP contribution in [0.1, 0.15) is 5.56 Å². The van der Waals surface area contributed by atoms with Crippen molar-refractivity contribution in [2.45, 2.75) is 6.92 Å². The monoisotopic (exact) mass is 310 g/mol. The fourth-order valence-electron chi connectivity index (χ4n) is 3.08. The van der Waals surface area contributed by atoms with Gasteiger partial charge in [-0.05, 0) is 36.8 Å². The van der Waals surface area contributed by atoms with Crippen molar-refractivity contribution in [2.24, 2.45) is 7.05 Å². The average Bonchev–Trinajstić information content (AvgIpc) is 2.86. The first-order chi connectivity index (χ1) is 11.1. The Balaban J connectivity index is 2.14. The molecule has 0 N–H and O–H groups in total. The first-order valence-corrected chi connectivity index (χ1v) is 7.32. The number of benzene rings is 2. The van der Waals surface area contributed by atoms with E-state index in [1.807, 2.05) is 42.9 Å². The van der Waals surface area contributed by atoms with Crippen LogP contribution in [0.3, 0.4) is 0 Å². The maximum Gasteiger partial charge on any atom is 0.215 e. The summed E-state index contributed by atoms with van der Waals surface area (Å²) in [5, 5.41) is 0.975. The number of rotatable bonds is 1. The maximum atomic E-state index is 15.3. The van der Waals surface area contributed by atoms with E-state index >= 15 is 4.39 Å². The molecule has 0 radical (unpaired) electrons. The van der Waals surface area contributed by atoms with Crippen molar-refractivity contribution in [1.82, 2.24) is 0 Å². The second-order valence-corrected chi connectivity index (χ2v) is 5.69. The summed E-state index contributed by atoms with van der Waals surface area (Å²) in [5.74, 6) is -0.740. The molecule has 4 heteroatoms. The van der Waals surface area contributed by atoms with Gasteiger partial charge in [0.25, 0.3) is 0 Å². The summed E-state index contributed by atoms with van der Waals surface area (Å²) in [6.45, 7) is 1.85. The minimum absolute atomic E-state index is 0.341. The molecule has 0 unspecified atom stereocenters. The molecule has 114 valence electrons. The second-order valence-electron chi connectivity index (χ2n) is 5.69. The Hall–Kier alpha value is -2.75. The quantitative estimate of drug-likeness (QED) is 0.467. The lowest BCUT2D eigenvalue weighted by Crippen LogP contribution is -2.30. The number of halogens is 2. The molecule has 0 atom stereocenters. The Kier molecular flexibility index (Phi) is 2.94. The SMILES string of the molecule is Cc1cc2oc3cc(F)ccc3c2c(F)c1-c1cccc[n+]1C. The van der Waals surface area contributed by atoms with Gasteiger partial charge in [-0.25, -0.2) is 13.3 Å². The van der Waals surface area contributed by atoms with Crippen molar-refractivity contribution >= 4 is 21.9 Å². The molecule has 0 fully saturated rings. The molecule has 2 aromatic carbocycles. The Morgan fingerprint density at radius 1 is 1.00 bits per heavy atom. The highest BCUT2D eigenvalue weighted by atomic mass is 19.1. The van der Waals surface area contributed by atoms with Crippen molar-refractivity contribution in [3.05, 3.63) is 65.9 Å². The van der Waals surface area contributed by atoms with E-state index in [0.29, 0.717) is 27.5 Å². The van der Waals surface area contributed by atoms with Crippen LogP contribution in [-0.2, 0) is 7.05 Å². The third-order valence-electron chi connectivity index (χ3n) is 4.17. The van der Waals surface area contributed by atoms with Gasteiger partial charge in [-0.2, -0.15) is 0 Å². The lowest BCUT2D eigenvalue weighted by atomic mass is 10.00. The molecule has 0 saturated heterocycles. The molecule has 0 saturated carbocycles. The molecule has 23 heavy (non-hydrogen) atoms. The van der Waals surface area contributed by atoms with E-state index in [0.717, 1.165) is 11.3 Å². The fourth-order valence-corrected chi connectivity index (χ4v) is 3.08. The highest BCUT2D eigenvalue weighted by molar-refractivity contribution is 6.07. The fraction of sp³-hybridized carbons (Fsp3) is 0.105. The maximum absolute atomic E-state index is 15.3. The van der Waals surface area contributed by atoms with Gasteiger partial charge in [0.2, 0.25) is 5.69 Å². The average molecular weight is 310 g/mol. The summed E-state index contributed by atoms with van der Waals surface area (Å²) in [7, 11) is 1.88. The molecular weight excluding hydrogens is 296 g/mol. The number of aryl methyl sites for hydroxylation is 2. The molecule has 2 heterocycles. The van der Waals surface area contributed by atoms with E-state index in [-0.39, 0.29) is 5.82 Å². The lowest BCUT2D eigenvalue weighted by molar-refractivity contribution is -0.660. The van der Waals surface area contributed by atoms with Crippen molar-refractivity contribution < 1.29 is 17.8 Å². The van der Waals surface area contributed by atoms with Crippen LogP contribution in [0, 0.1) is 18.6 Å². The highest BCUT2D eigenvalue weighted by Crippen LogP contribution is 2.37. The predicted octanol–water partition coefficient (Wildman–Crippen LogP) is 4.66. The number of fused-ring (bicyclic) bond motifs is 3. The molecule has 0 aliphatic heterocycles. The molecular formula is C19H14F2NO+. The van der Waals surface area contributed by atoms with Crippen LogP contribution in [0.5, 0.6) is 0 Å². The molecule has 0 bridgehead atoms. The number of hydrogen-bond donors (Lipinski definition) is 0. The number of pyridine rings is 1. The minimum Gasteiger partial charge on any atom is -0.456 e. The van der Waals surface area contributed by atoms with Gasteiger partial charge in [-0.1, -0.05) is 0 Å². The zero-order valence-corrected chi connectivity index (χ0v) is 12.7. The summed E-state index contributed by atoms with van der Waals surface area (Å²) in [6, 6.07) is 11.6. The van der Waals surface area contributed by atoms with Gasteiger partial charge in [-0.3, -0.25) is 0 Å². The van der Waals surface area contributed by atoms with Gasteiger partial charge in [-0.15, -0.1) is 0 Å². The van der Waals surface area contributed by atoms with E-state index < -0.39 is 5.82 Å². The lowest BCUT2D eigenvalue weighted by Gasteiger charge is -2.06. The molecule has 2 nitrogen and oxygen atoms in total. The summed E-state index contributed by atoms with van der Waals surface area (Å²) in [5.41, 5.74) is 2.88. The normalized spacial score (nSPS) is 11.5. The van der Waals surface area contributed by atoms with Crippen molar-refractivity contribution in [1.29, 1.82) is 0 Å². The van der Waals surface area contributed by atoms with Gasteiger partial charge < -0.3 is 4.42 Å². The van der Waals surface area contributed by atoms with Crippen molar-refractivity contribution in [2.75, 3.05) is 0 Å². The topological polar surface area (TPSA) is 17.0 Å². The van der Waals surface area contributed by atoms with Gasteiger partial charge in [0.1, 0.15) is 29.8 Å². The minimum atomic E-state index is -0.400. The zero-order chi connectivity index (χ0) is 16.1. The third-order valence-corrected chi connectivity index (χ3v) is 4.17. The summed E-state index contributed by atoms with van der Waals surface area (Å²) < 4.78 is 36.2.